The van der Waals surface area contributed by atoms with Crippen LogP contribution in [0.5, 0.6) is 0 Å². The van der Waals surface area contributed by atoms with Crippen LogP contribution in [-0.2, 0) is 17.9 Å². The van der Waals surface area contributed by atoms with Crippen LogP contribution in [0, 0.1) is 6.92 Å². The van der Waals surface area contributed by atoms with Gasteiger partial charge in [0.2, 0.25) is 0 Å². The first-order chi connectivity index (χ1) is 12.2. The molecule has 3 aromatic heterocycles. The van der Waals surface area contributed by atoms with Gasteiger partial charge in [0.1, 0.15) is 23.5 Å². The van der Waals surface area contributed by atoms with Crippen molar-refractivity contribution < 1.29 is 13.9 Å². The van der Waals surface area contributed by atoms with Gasteiger partial charge in [0.15, 0.2) is 5.76 Å². The van der Waals surface area contributed by atoms with E-state index in [1.54, 1.807) is 13.2 Å². The van der Waals surface area contributed by atoms with Gasteiger partial charge in [-0.05, 0) is 37.3 Å². The minimum absolute atomic E-state index is 0.270. The molecule has 0 spiro atoms. The van der Waals surface area contributed by atoms with E-state index in [1.807, 2.05) is 37.3 Å². The van der Waals surface area contributed by atoms with Gasteiger partial charge < -0.3 is 14.5 Å². The summed E-state index contributed by atoms with van der Waals surface area (Å²) in [5.41, 5.74) is 2.39. The third-order valence-corrected chi connectivity index (χ3v) is 3.48. The van der Waals surface area contributed by atoms with Crippen LogP contribution in [0.4, 0.5) is 0 Å². The first-order valence-corrected chi connectivity index (χ1v) is 7.76. The number of aryl methyl sites for hydroxylation is 1. The highest BCUT2D eigenvalue weighted by Gasteiger charge is 2.11. The lowest BCUT2D eigenvalue weighted by atomic mass is 10.2. The van der Waals surface area contributed by atoms with E-state index in [4.69, 9.17) is 9.15 Å². The number of methoxy groups -OCH3 is 1. The molecule has 0 aliphatic carbocycles. The van der Waals surface area contributed by atoms with Crippen LogP contribution in [0.25, 0.3) is 11.5 Å². The predicted molar refractivity (Wildman–Crippen MR) is 90.6 cm³/mol. The van der Waals surface area contributed by atoms with E-state index >= 15 is 0 Å². The number of furan rings is 1. The summed E-state index contributed by atoms with van der Waals surface area (Å²) < 4.78 is 10.6. The first kappa shape index (κ1) is 16.8. The number of aromatic nitrogens is 3. The Balaban J connectivity index is 1.68. The monoisotopic (exact) mass is 338 g/mol. The van der Waals surface area contributed by atoms with Gasteiger partial charge in [-0.1, -0.05) is 6.07 Å². The Morgan fingerprint density at radius 1 is 1.20 bits per heavy atom. The second kappa shape index (κ2) is 7.67. The van der Waals surface area contributed by atoms with E-state index in [1.165, 1.54) is 6.33 Å². The van der Waals surface area contributed by atoms with Crippen LogP contribution < -0.4 is 5.32 Å². The van der Waals surface area contributed by atoms with Crippen molar-refractivity contribution in [2.45, 2.75) is 20.1 Å². The maximum Gasteiger partial charge on any atom is 0.270 e. The molecule has 0 saturated heterocycles. The van der Waals surface area contributed by atoms with Crippen molar-refractivity contribution in [2.24, 2.45) is 0 Å². The lowest BCUT2D eigenvalue weighted by molar-refractivity contribution is 0.0945. The van der Waals surface area contributed by atoms with Crippen molar-refractivity contribution in [1.29, 1.82) is 0 Å². The van der Waals surface area contributed by atoms with E-state index in [0.717, 1.165) is 17.1 Å². The molecule has 0 aliphatic rings. The summed E-state index contributed by atoms with van der Waals surface area (Å²) in [4.78, 5) is 24.9. The highest BCUT2D eigenvalue weighted by molar-refractivity contribution is 5.92. The summed E-state index contributed by atoms with van der Waals surface area (Å²) in [7, 11) is 1.61. The maximum absolute atomic E-state index is 12.3. The number of carbonyl (C=O) groups is 1. The molecule has 0 atom stereocenters. The summed E-state index contributed by atoms with van der Waals surface area (Å²) in [5, 5.41) is 2.81. The molecular formula is C18H18N4O3. The van der Waals surface area contributed by atoms with E-state index in [2.05, 4.69) is 20.3 Å². The number of ether oxygens (including phenoxy) is 1. The molecule has 0 aromatic carbocycles. The molecule has 7 nitrogen and oxygen atoms in total. The molecule has 3 heterocycles. The molecule has 3 rings (SSSR count). The van der Waals surface area contributed by atoms with Crippen molar-refractivity contribution in [3.8, 4) is 11.5 Å². The molecule has 3 aromatic rings. The average Bonchev–Trinajstić information content (AvgIpc) is 3.07. The third kappa shape index (κ3) is 4.27. The Bertz CT molecular complexity index is 876. The van der Waals surface area contributed by atoms with Gasteiger partial charge in [-0.2, -0.15) is 0 Å². The highest BCUT2D eigenvalue weighted by Crippen LogP contribution is 2.19. The number of rotatable bonds is 6. The molecule has 0 unspecified atom stereocenters. The first-order valence-electron chi connectivity index (χ1n) is 7.76. The zero-order valence-corrected chi connectivity index (χ0v) is 14.0. The third-order valence-electron chi connectivity index (χ3n) is 3.48. The highest BCUT2D eigenvalue weighted by atomic mass is 16.5. The molecule has 0 bridgehead atoms. The minimum Gasteiger partial charge on any atom is -0.460 e. The van der Waals surface area contributed by atoms with Gasteiger partial charge in [-0.25, -0.2) is 9.97 Å². The number of hydrogen-bond acceptors (Lipinski definition) is 6. The van der Waals surface area contributed by atoms with E-state index < -0.39 is 0 Å². The van der Waals surface area contributed by atoms with Crippen LogP contribution in [-0.4, -0.2) is 28.0 Å². The number of carbonyl (C=O) groups excluding carboxylic acids is 1. The lowest BCUT2D eigenvalue weighted by Gasteiger charge is -2.06. The minimum atomic E-state index is -0.300. The Hall–Kier alpha value is -3.06. The fourth-order valence-corrected chi connectivity index (χ4v) is 2.31. The largest absolute Gasteiger partial charge is 0.460 e. The van der Waals surface area contributed by atoms with Crippen molar-refractivity contribution >= 4 is 5.91 Å². The molecule has 0 fully saturated rings. The van der Waals surface area contributed by atoms with E-state index in [-0.39, 0.29) is 11.6 Å². The zero-order valence-electron chi connectivity index (χ0n) is 14.0. The Morgan fingerprint density at radius 2 is 2.04 bits per heavy atom. The van der Waals surface area contributed by atoms with Gasteiger partial charge >= 0.3 is 0 Å². The molecule has 7 heteroatoms. The smallest absolute Gasteiger partial charge is 0.270 e. The molecule has 0 radical (unpaired) electrons. The fraction of sp³-hybridized carbons (Fsp3) is 0.222. The maximum atomic E-state index is 12.3. The van der Waals surface area contributed by atoms with Crippen LogP contribution >= 0.6 is 0 Å². The molecule has 0 saturated carbocycles. The number of hydrogen-bond donors (Lipinski definition) is 1. The lowest BCUT2D eigenvalue weighted by Crippen LogP contribution is -2.24. The number of nitrogens with zero attached hydrogens (tertiary/aromatic N) is 3. The van der Waals surface area contributed by atoms with Crippen LogP contribution in [0.3, 0.4) is 0 Å². The molecular weight excluding hydrogens is 320 g/mol. The SMILES string of the molecule is COCc1cccc(CNC(=O)c2cc(-c3ccc(C)o3)ncn2)n1. The standard InChI is InChI=1S/C18H18N4O3/c1-12-6-7-17(25-12)15-8-16(21-11-20-15)18(23)19-9-13-4-3-5-14(22-13)10-24-2/h3-8,11H,9-10H2,1-2H3,(H,19,23). The van der Waals surface area contributed by atoms with Crippen LogP contribution in [0.1, 0.15) is 27.6 Å². The van der Waals surface area contributed by atoms with Gasteiger partial charge in [0.25, 0.3) is 5.91 Å². The van der Waals surface area contributed by atoms with Crippen LogP contribution in [0.15, 0.2) is 47.1 Å². The summed E-state index contributed by atoms with van der Waals surface area (Å²) in [6.07, 6.45) is 1.35. The number of pyridine rings is 1. The molecule has 1 N–H and O–H groups in total. The summed E-state index contributed by atoms with van der Waals surface area (Å²) >= 11 is 0. The van der Waals surface area contributed by atoms with E-state index in [0.29, 0.717) is 24.6 Å². The normalized spacial score (nSPS) is 10.6. The summed E-state index contributed by atoms with van der Waals surface area (Å²) in [5.74, 6) is 1.08. The van der Waals surface area contributed by atoms with Gasteiger partial charge in [-0.3, -0.25) is 9.78 Å². The van der Waals surface area contributed by atoms with Crippen molar-refractivity contribution in [3.05, 3.63) is 65.6 Å². The van der Waals surface area contributed by atoms with Crippen LogP contribution in [0.2, 0.25) is 0 Å². The zero-order chi connectivity index (χ0) is 17.6. The molecule has 0 aliphatic heterocycles. The molecule has 128 valence electrons. The van der Waals surface area contributed by atoms with Gasteiger partial charge in [-0.15, -0.1) is 0 Å². The summed E-state index contributed by atoms with van der Waals surface area (Å²) in [6.45, 7) is 2.58. The summed E-state index contributed by atoms with van der Waals surface area (Å²) in [6, 6.07) is 10.8. The Morgan fingerprint density at radius 3 is 2.80 bits per heavy atom. The Kier molecular flexibility index (Phi) is 5.15. The average molecular weight is 338 g/mol. The van der Waals surface area contributed by atoms with Gasteiger partial charge in [0, 0.05) is 7.11 Å². The van der Waals surface area contributed by atoms with Crippen molar-refractivity contribution in [3.63, 3.8) is 0 Å². The quantitative estimate of drug-likeness (QED) is 0.743. The number of nitrogens with one attached hydrogen (secondary N) is 1. The molecule has 25 heavy (non-hydrogen) atoms. The second-order valence-corrected chi connectivity index (χ2v) is 5.43. The fourth-order valence-electron chi connectivity index (χ4n) is 2.31. The van der Waals surface area contributed by atoms with Crippen molar-refractivity contribution in [2.75, 3.05) is 7.11 Å². The number of amides is 1. The predicted octanol–water partition coefficient (Wildman–Crippen LogP) is 2.52. The van der Waals surface area contributed by atoms with Gasteiger partial charge in [0.05, 0.1) is 24.5 Å². The van der Waals surface area contributed by atoms with Crippen molar-refractivity contribution in [1.82, 2.24) is 20.3 Å². The Labute approximate surface area is 145 Å². The topological polar surface area (TPSA) is 90.1 Å². The molecule has 1 amide bonds. The second-order valence-electron chi connectivity index (χ2n) is 5.43. The van der Waals surface area contributed by atoms with E-state index in [9.17, 15) is 4.79 Å².